The van der Waals surface area contributed by atoms with Crippen LogP contribution in [0.15, 0.2) is 6.07 Å². The molecule has 0 radical (unpaired) electrons. The van der Waals surface area contributed by atoms with Crippen LogP contribution >= 0.6 is 0 Å². The number of rotatable bonds is 4. The van der Waals surface area contributed by atoms with E-state index in [-0.39, 0.29) is 5.41 Å². The molecule has 0 aliphatic carbocycles. The average Bonchev–Trinajstić information content (AvgIpc) is 2.69. The first-order valence-corrected chi connectivity index (χ1v) is 5.80. The van der Waals surface area contributed by atoms with Gasteiger partial charge in [-0.1, -0.05) is 20.8 Å². The Labute approximate surface area is 107 Å². The van der Waals surface area contributed by atoms with E-state index in [2.05, 4.69) is 35.9 Å². The first-order valence-electron chi connectivity index (χ1n) is 5.80. The first-order chi connectivity index (χ1) is 8.38. The minimum absolute atomic E-state index is 0.0785. The number of nitrogens with one attached hydrogen (secondary N) is 1. The molecule has 1 aromatic heterocycles. The highest BCUT2D eigenvalue weighted by Crippen LogP contribution is 2.24. The topological polar surface area (TPSA) is 65.4 Å². The smallest absolute Gasteiger partial charge is 0.412 e. The van der Waals surface area contributed by atoms with Gasteiger partial charge in [0, 0.05) is 18.6 Å². The molecule has 0 aromatic carbocycles. The zero-order valence-electron chi connectivity index (χ0n) is 11.6. The number of amides is 1. The molecule has 0 aliphatic rings. The normalized spacial score (nSPS) is 11.4. The summed E-state index contributed by atoms with van der Waals surface area (Å²) < 4.78 is 11.3. The molecule has 0 fully saturated rings. The van der Waals surface area contributed by atoms with Gasteiger partial charge in [-0.25, -0.2) is 9.48 Å². The summed E-state index contributed by atoms with van der Waals surface area (Å²) in [5.74, 6) is 0.615. The molecule has 1 N–H and O–H groups in total. The van der Waals surface area contributed by atoms with Gasteiger partial charge in [0.1, 0.15) is 5.82 Å². The lowest BCUT2D eigenvalue weighted by Crippen LogP contribution is -2.17. The molecule has 1 rings (SSSR count). The average molecular weight is 255 g/mol. The standard InChI is InChI=1S/C12H21N3O3/c1-12(2,3)9-8-10(13-11(16)18-5)15(14-9)6-7-17-4/h8H,6-7H2,1-5H3,(H,13,16). The Bertz CT molecular complexity index is 407. The fraction of sp³-hybridized carbons (Fsp3) is 0.667. The van der Waals surface area contributed by atoms with Gasteiger partial charge in [-0.05, 0) is 0 Å². The van der Waals surface area contributed by atoms with Gasteiger partial charge < -0.3 is 9.47 Å². The molecule has 1 aromatic rings. The molecular weight excluding hydrogens is 234 g/mol. The van der Waals surface area contributed by atoms with Crippen molar-refractivity contribution in [2.75, 3.05) is 26.1 Å². The van der Waals surface area contributed by atoms with E-state index in [4.69, 9.17) is 4.74 Å². The van der Waals surface area contributed by atoms with Gasteiger partial charge in [0.15, 0.2) is 0 Å². The van der Waals surface area contributed by atoms with Crippen molar-refractivity contribution in [1.29, 1.82) is 0 Å². The third-order valence-corrected chi connectivity index (χ3v) is 2.47. The van der Waals surface area contributed by atoms with E-state index >= 15 is 0 Å². The number of hydrogen-bond acceptors (Lipinski definition) is 4. The van der Waals surface area contributed by atoms with Gasteiger partial charge in [-0.3, -0.25) is 5.32 Å². The summed E-state index contributed by atoms with van der Waals surface area (Å²) >= 11 is 0. The number of anilines is 1. The minimum atomic E-state index is -0.506. The third-order valence-electron chi connectivity index (χ3n) is 2.47. The van der Waals surface area contributed by atoms with Crippen molar-refractivity contribution >= 4 is 11.9 Å². The molecule has 0 bridgehead atoms. The van der Waals surface area contributed by atoms with Crippen molar-refractivity contribution in [3.05, 3.63) is 11.8 Å². The quantitative estimate of drug-likeness (QED) is 0.893. The van der Waals surface area contributed by atoms with E-state index in [1.165, 1.54) is 7.11 Å². The third kappa shape index (κ3) is 3.73. The van der Waals surface area contributed by atoms with Crippen LogP contribution in [0.3, 0.4) is 0 Å². The van der Waals surface area contributed by atoms with Gasteiger partial charge in [-0.15, -0.1) is 0 Å². The largest absolute Gasteiger partial charge is 0.453 e. The Hall–Kier alpha value is -1.56. The Morgan fingerprint density at radius 1 is 1.44 bits per heavy atom. The lowest BCUT2D eigenvalue weighted by Gasteiger charge is -2.14. The number of aromatic nitrogens is 2. The summed E-state index contributed by atoms with van der Waals surface area (Å²) in [5, 5.41) is 7.12. The van der Waals surface area contributed by atoms with Crippen molar-refractivity contribution in [2.45, 2.75) is 32.7 Å². The van der Waals surface area contributed by atoms with Crippen LogP contribution in [0.1, 0.15) is 26.5 Å². The molecule has 18 heavy (non-hydrogen) atoms. The minimum Gasteiger partial charge on any atom is -0.453 e. The Kier molecular flexibility index (Phi) is 4.72. The Morgan fingerprint density at radius 3 is 2.61 bits per heavy atom. The monoisotopic (exact) mass is 255 g/mol. The van der Waals surface area contributed by atoms with Crippen LogP contribution in [-0.2, 0) is 21.4 Å². The highest BCUT2D eigenvalue weighted by Gasteiger charge is 2.20. The van der Waals surface area contributed by atoms with Crippen molar-refractivity contribution in [1.82, 2.24) is 9.78 Å². The van der Waals surface area contributed by atoms with Gasteiger partial charge in [-0.2, -0.15) is 5.10 Å². The summed E-state index contributed by atoms with van der Waals surface area (Å²) in [5.41, 5.74) is 0.829. The molecule has 0 saturated carbocycles. The molecule has 6 nitrogen and oxygen atoms in total. The molecule has 6 heteroatoms. The maximum Gasteiger partial charge on any atom is 0.412 e. The van der Waals surface area contributed by atoms with Crippen molar-refractivity contribution in [3.8, 4) is 0 Å². The van der Waals surface area contributed by atoms with Gasteiger partial charge >= 0.3 is 6.09 Å². The fourth-order valence-electron chi connectivity index (χ4n) is 1.39. The lowest BCUT2D eigenvalue weighted by molar-refractivity contribution is 0.181. The van der Waals surface area contributed by atoms with E-state index in [0.29, 0.717) is 19.0 Å². The molecule has 0 spiro atoms. The second kappa shape index (κ2) is 5.86. The number of hydrogen-bond donors (Lipinski definition) is 1. The van der Waals surface area contributed by atoms with Crippen molar-refractivity contribution < 1.29 is 14.3 Å². The molecule has 0 aliphatic heterocycles. The number of ether oxygens (including phenoxy) is 2. The maximum atomic E-state index is 11.3. The zero-order chi connectivity index (χ0) is 13.8. The highest BCUT2D eigenvalue weighted by atomic mass is 16.5. The molecule has 0 saturated heterocycles. The summed E-state index contributed by atoms with van der Waals surface area (Å²) in [6.07, 6.45) is -0.506. The number of methoxy groups -OCH3 is 2. The molecule has 1 amide bonds. The van der Waals surface area contributed by atoms with Crippen LogP contribution in [0.25, 0.3) is 0 Å². The molecule has 102 valence electrons. The van der Waals surface area contributed by atoms with E-state index < -0.39 is 6.09 Å². The molecule has 0 atom stereocenters. The van der Waals surface area contributed by atoms with E-state index in [1.54, 1.807) is 11.8 Å². The lowest BCUT2D eigenvalue weighted by atomic mass is 9.92. The predicted molar refractivity (Wildman–Crippen MR) is 68.8 cm³/mol. The van der Waals surface area contributed by atoms with Gasteiger partial charge in [0.2, 0.25) is 0 Å². The Morgan fingerprint density at radius 2 is 2.11 bits per heavy atom. The first kappa shape index (κ1) is 14.5. The maximum absolute atomic E-state index is 11.3. The van der Waals surface area contributed by atoms with Crippen molar-refractivity contribution in [2.24, 2.45) is 0 Å². The van der Waals surface area contributed by atoms with Crippen LogP contribution in [0, 0.1) is 0 Å². The van der Waals surface area contributed by atoms with E-state index in [9.17, 15) is 4.79 Å². The number of carbonyl (C=O) groups is 1. The van der Waals surface area contributed by atoms with Crippen LogP contribution in [0.5, 0.6) is 0 Å². The molecule has 1 heterocycles. The number of nitrogens with zero attached hydrogens (tertiary/aromatic N) is 2. The summed E-state index contributed by atoms with van der Waals surface area (Å²) in [6, 6.07) is 1.85. The highest BCUT2D eigenvalue weighted by molar-refractivity contribution is 5.83. The molecular formula is C12H21N3O3. The summed E-state index contributed by atoms with van der Waals surface area (Å²) in [4.78, 5) is 11.3. The van der Waals surface area contributed by atoms with Crippen LogP contribution in [0.4, 0.5) is 10.6 Å². The second-order valence-corrected chi connectivity index (χ2v) is 5.00. The predicted octanol–water partition coefficient (Wildman–Crippen LogP) is 2.01. The van der Waals surface area contributed by atoms with Gasteiger partial charge in [0.25, 0.3) is 0 Å². The summed E-state index contributed by atoms with van der Waals surface area (Å²) in [6.45, 7) is 7.31. The van der Waals surface area contributed by atoms with Crippen molar-refractivity contribution in [3.63, 3.8) is 0 Å². The second-order valence-electron chi connectivity index (χ2n) is 5.00. The van der Waals surface area contributed by atoms with E-state index in [0.717, 1.165) is 5.69 Å². The fourth-order valence-corrected chi connectivity index (χ4v) is 1.39. The zero-order valence-corrected chi connectivity index (χ0v) is 11.6. The van der Waals surface area contributed by atoms with Crippen LogP contribution in [-0.4, -0.2) is 36.7 Å². The van der Waals surface area contributed by atoms with Crippen LogP contribution < -0.4 is 5.32 Å². The van der Waals surface area contributed by atoms with E-state index in [1.807, 2.05) is 6.07 Å². The SMILES string of the molecule is COCCn1nc(C(C)(C)C)cc1NC(=O)OC. The van der Waals surface area contributed by atoms with Crippen LogP contribution in [0.2, 0.25) is 0 Å². The Balaban J connectivity index is 2.97. The summed E-state index contributed by atoms with van der Waals surface area (Å²) in [7, 11) is 2.96. The molecule has 0 unspecified atom stereocenters. The van der Waals surface area contributed by atoms with Gasteiger partial charge in [0.05, 0.1) is 26.0 Å². The number of carbonyl (C=O) groups excluding carboxylic acids is 1.